The maximum absolute atomic E-state index is 5.45. The van der Waals surface area contributed by atoms with Gasteiger partial charge in [-0.05, 0) is 48.7 Å². The van der Waals surface area contributed by atoms with Crippen LogP contribution in [-0.4, -0.2) is 40.9 Å². The van der Waals surface area contributed by atoms with Crippen LogP contribution in [0.2, 0.25) is 0 Å². The fraction of sp³-hybridized carbons (Fsp3) is 0.381. The Morgan fingerprint density at radius 3 is 2.33 bits per heavy atom. The highest BCUT2D eigenvalue weighted by molar-refractivity contribution is 5.79. The van der Waals surface area contributed by atoms with Crippen molar-refractivity contribution in [3.05, 3.63) is 53.1 Å². The van der Waals surface area contributed by atoms with Gasteiger partial charge in [-0.1, -0.05) is 12.1 Å². The van der Waals surface area contributed by atoms with E-state index >= 15 is 0 Å². The third-order valence-corrected chi connectivity index (χ3v) is 4.29. The fourth-order valence-electron chi connectivity index (χ4n) is 2.79. The fourth-order valence-corrected chi connectivity index (χ4v) is 2.79. The van der Waals surface area contributed by atoms with E-state index in [0.717, 1.165) is 40.8 Å². The zero-order chi connectivity index (χ0) is 19.6. The lowest BCUT2D eigenvalue weighted by Gasteiger charge is -2.15. The van der Waals surface area contributed by atoms with Crippen molar-refractivity contribution in [1.82, 2.24) is 10.6 Å². The van der Waals surface area contributed by atoms with E-state index in [-0.39, 0.29) is 0 Å². The number of nitrogens with zero attached hydrogens (tertiary/aromatic N) is 1. The third kappa shape index (κ3) is 5.81. The van der Waals surface area contributed by atoms with Crippen LogP contribution < -0.4 is 24.8 Å². The molecule has 0 radical (unpaired) electrons. The second-order valence-corrected chi connectivity index (χ2v) is 6.10. The van der Waals surface area contributed by atoms with Crippen molar-refractivity contribution < 1.29 is 14.2 Å². The Hall–Kier alpha value is -2.89. The Kier molecular flexibility index (Phi) is 7.79. The second-order valence-electron chi connectivity index (χ2n) is 6.10. The van der Waals surface area contributed by atoms with E-state index in [9.17, 15) is 0 Å². The van der Waals surface area contributed by atoms with Crippen molar-refractivity contribution in [2.45, 2.75) is 19.9 Å². The van der Waals surface area contributed by atoms with Gasteiger partial charge in [0.05, 0.1) is 21.3 Å². The van der Waals surface area contributed by atoms with E-state index < -0.39 is 0 Å². The molecule has 0 aliphatic heterocycles. The molecule has 0 aliphatic carbocycles. The molecule has 0 aliphatic rings. The molecule has 2 aromatic rings. The molecule has 2 rings (SSSR count). The van der Waals surface area contributed by atoms with Crippen molar-refractivity contribution >= 4 is 5.96 Å². The van der Waals surface area contributed by atoms with Crippen molar-refractivity contribution in [2.75, 3.05) is 34.9 Å². The Balaban J connectivity index is 1.91. The average molecular weight is 371 g/mol. The SMILES string of the molecule is CN=C(NCCc1cc(OC)ccc1OC)NCc1ccc(C)cc1OC. The number of benzene rings is 2. The molecule has 6 nitrogen and oxygen atoms in total. The van der Waals surface area contributed by atoms with Crippen LogP contribution in [0.4, 0.5) is 0 Å². The Morgan fingerprint density at radius 2 is 1.67 bits per heavy atom. The first-order valence-corrected chi connectivity index (χ1v) is 8.90. The molecule has 0 saturated carbocycles. The maximum Gasteiger partial charge on any atom is 0.191 e. The summed E-state index contributed by atoms with van der Waals surface area (Å²) in [5.74, 6) is 3.28. The second kappa shape index (κ2) is 10.3. The van der Waals surface area contributed by atoms with Crippen LogP contribution in [0.15, 0.2) is 41.4 Å². The minimum atomic E-state index is 0.631. The summed E-state index contributed by atoms with van der Waals surface area (Å²) in [6, 6.07) is 12.0. The summed E-state index contributed by atoms with van der Waals surface area (Å²) in [5, 5.41) is 6.65. The molecule has 2 N–H and O–H groups in total. The monoisotopic (exact) mass is 371 g/mol. The van der Waals surface area contributed by atoms with Crippen LogP contribution in [0.25, 0.3) is 0 Å². The van der Waals surface area contributed by atoms with Gasteiger partial charge in [0, 0.05) is 25.7 Å². The van der Waals surface area contributed by atoms with Crippen molar-refractivity contribution in [3.63, 3.8) is 0 Å². The van der Waals surface area contributed by atoms with Crippen LogP contribution >= 0.6 is 0 Å². The molecule has 0 unspecified atom stereocenters. The summed E-state index contributed by atoms with van der Waals surface area (Å²) in [4.78, 5) is 4.28. The minimum Gasteiger partial charge on any atom is -0.497 e. The summed E-state index contributed by atoms with van der Waals surface area (Å²) in [7, 11) is 6.78. The lowest BCUT2D eigenvalue weighted by Crippen LogP contribution is -2.37. The number of hydrogen-bond acceptors (Lipinski definition) is 4. The highest BCUT2D eigenvalue weighted by atomic mass is 16.5. The number of methoxy groups -OCH3 is 3. The number of aryl methyl sites for hydroxylation is 1. The van der Waals surface area contributed by atoms with Crippen LogP contribution in [0.1, 0.15) is 16.7 Å². The summed E-state index contributed by atoms with van der Waals surface area (Å²) in [6.07, 6.45) is 0.787. The highest BCUT2D eigenvalue weighted by Crippen LogP contribution is 2.24. The molecule has 0 saturated heterocycles. The van der Waals surface area contributed by atoms with Gasteiger partial charge >= 0.3 is 0 Å². The lowest BCUT2D eigenvalue weighted by atomic mass is 10.1. The molecule has 2 aromatic carbocycles. The molecule has 6 heteroatoms. The molecule has 146 valence electrons. The van der Waals surface area contributed by atoms with Gasteiger partial charge in [-0.15, -0.1) is 0 Å². The molecule has 0 heterocycles. The topological polar surface area (TPSA) is 64.1 Å². The van der Waals surface area contributed by atoms with E-state index in [4.69, 9.17) is 14.2 Å². The average Bonchev–Trinajstić information content (AvgIpc) is 2.70. The van der Waals surface area contributed by atoms with Crippen LogP contribution in [-0.2, 0) is 13.0 Å². The van der Waals surface area contributed by atoms with Gasteiger partial charge in [-0.3, -0.25) is 4.99 Å². The van der Waals surface area contributed by atoms with E-state index in [0.29, 0.717) is 13.1 Å². The molecular formula is C21H29N3O3. The molecule has 0 amide bonds. The van der Waals surface area contributed by atoms with Crippen LogP contribution in [0, 0.1) is 6.92 Å². The number of ether oxygens (including phenoxy) is 3. The predicted molar refractivity (Wildman–Crippen MR) is 109 cm³/mol. The molecular weight excluding hydrogens is 342 g/mol. The van der Waals surface area contributed by atoms with Crippen LogP contribution in [0.3, 0.4) is 0 Å². The zero-order valence-electron chi connectivity index (χ0n) is 16.8. The van der Waals surface area contributed by atoms with Crippen molar-refractivity contribution in [2.24, 2.45) is 4.99 Å². The normalized spacial score (nSPS) is 11.1. The lowest BCUT2D eigenvalue weighted by molar-refractivity contribution is 0.398. The molecule has 0 fully saturated rings. The highest BCUT2D eigenvalue weighted by Gasteiger charge is 2.07. The summed E-state index contributed by atoms with van der Waals surface area (Å²) in [6.45, 7) is 3.40. The largest absolute Gasteiger partial charge is 0.497 e. The molecule has 0 atom stereocenters. The maximum atomic E-state index is 5.45. The minimum absolute atomic E-state index is 0.631. The van der Waals surface area contributed by atoms with E-state index in [1.807, 2.05) is 31.2 Å². The Bertz CT molecular complexity index is 775. The Labute approximate surface area is 161 Å². The number of aliphatic imine (C=N–C) groups is 1. The van der Waals surface area contributed by atoms with E-state index in [2.05, 4.69) is 27.8 Å². The quantitative estimate of drug-likeness (QED) is 0.552. The number of hydrogen-bond donors (Lipinski definition) is 2. The predicted octanol–water partition coefficient (Wildman–Crippen LogP) is 2.93. The summed E-state index contributed by atoms with van der Waals surface area (Å²) < 4.78 is 16.2. The Morgan fingerprint density at radius 1 is 0.889 bits per heavy atom. The van der Waals surface area contributed by atoms with Crippen LogP contribution in [0.5, 0.6) is 17.2 Å². The molecule has 27 heavy (non-hydrogen) atoms. The first-order valence-electron chi connectivity index (χ1n) is 8.90. The molecule has 0 aromatic heterocycles. The van der Waals surface area contributed by atoms with Gasteiger partial charge in [-0.25, -0.2) is 0 Å². The smallest absolute Gasteiger partial charge is 0.191 e. The molecule has 0 bridgehead atoms. The summed E-state index contributed by atoms with van der Waals surface area (Å²) in [5.41, 5.74) is 3.34. The third-order valence-electron chi connectivity index (χ3n) is 4.29. The van der Waals surface area contributed by atoms with Gasteiger partial charge in [0.1, 0.15) is 17.2 Å². The number of guanidine groups is 1. The van der Waals surface area contributed by atoms with E-state index in [1.165, 1.54) is 5.56 Å². The molecule has 0 spiro atoms. The first kappa shape index (κ1) is 20.4. The van der Waals surface area contributed by atoms with E-state index in [1.54, 1.807) is 28.4 Å². The zero-order valence-corrected chi connectivity index (χ0v) is 16.8. The van der Waals surface area contributed by atoms with Gasteiger partial charge in [0.25, 0.3) is 0 Å². The first-order chi connectivity index (χ1) is 13.1. The van der Waals surface area contributed by atoms with Gasteiger partial charge in [0.15, 0.2) is 5.96 Å². The van der Waals surface area contributed by atoms with Gasteiger partial charge in [-0.2, -0.15) is 0 Å². The summed E-state index contributed by atoms with van der Waals surface area (Å²) >= 11 is 0. The van der Waals surface area contributed by atoms with Crippen molar-refractivity contribution in [3.8, 4) is 17.2 Å². The standard InChI is InChI=1S/C21H29N3O3/c1-15-6-7-17(20(12-15)27-5)14-24-21(22-2)23-11-10-16-13-18(25-3)8-9-19(16)26-4/h6-9,12-13H,10-11,14H2,1-5H3,(H2,22,23,24). The van der Waals surface area contributed by atoms with Crippen molar-refractivity contribution in [1.29, 1.82) is 0 Å². The van der Waals surface area contributed by atoms with Gasteiger partial charge in [0.2, 0.25) is 0 Å². The number of nitrogens with one attached hydrogen (secondary N) is 2. The van der Waals surface area contributed by atoms with Gasteiger partial charge < -0.3 is 24.8 Å². The number of rotatable bonds is 8.